The van der Waals surface area contributed by atoms with Crippen molar-refractivity contribution in [3.8, 4) is 0 Å². The summed E-state index contributed by atoms with van der Waals surface area (Å²) in [6.07, 6.45) is 7.02. The van der Waals surface area contributed by atoms with E-state index in [9.17, 15) is 10.1 Å². The van der Waals surface area contributed by atoms with Gasteiger partial charge < -0.3 is 4.42 Å². The van der Waals surface area contributed by atoms with Crippen LogP contribution >= 0.6 is 0 Å². The fourth-order valence-corrected chi connectivity index (χ4v) is 2.17. The normalized spacial score (nSPS) is 10.9. The highest BCUT2D eigenvalue weighted by Crippen LogP contribution is 2.27. The second-order valence-electron chi connectivity index (χ2n) is 4.51. The van der Waals surface area contributed by atoms with Crippen LogP contribution in [0.15, 0.2) is 28.9 Å². The molecule has 0 saturated heterocycles. The first-order chi connectivity index (χ1) is 8.72. The minimum absolute atomic E-state index is 0.148. The van der Waals surface area contributed by atoms with Gasteiger partial charge in [0.05, 0.1) is 11.2 Å². The van der Waals surface area contributed by atoms with Crippen LogP contribution in [0.2, 0.25) is 0 Å². The fraction of sp³-hybridized carbons (Fsp3) is 0.429. The maximum Gasteiger partial charge on any atom is 0.270 e. The van der Waals surface area contributed by atoms with Crippen molar-refractivity contribution in [1.29, 1.82) is 0 Å². The Kier molecular flexibility index (Phi) is 3.97. The van der Waals surface area contributed by atoms with Crippen molar-refractivity contribution in [2.24, 2.45) is 0 Å². The van der Waals surface area contributed by atoms with Gasteiger partial charge in [0.15, 0.2) is 0 Å². The van der Waals surface area contributed by atoms with Crippen LogP contribution in [0.5, 0.6) is 0 Å². The van der Waals surface area contributed by atoms with Gasteiger partial charge in [-0.2, -0.15) is 0 Å². The number of unbranched alkanes of at least 4 members (excludes halogenated alkanes) is 3. The van der Waals surface area contributed by atoms with Crippen molar-refractivity contribution in [3.63, 3.8) is 0 Å². The third-order valence-corrected chi connectivity index (χ3v) is 3.12. The topological polar surface area (TPSA) is 56.3 Å². The monoisotopic (exact) mass is 247 g/mol. The molecule has 1 aromatic heterocycles. The third-order valence-electron chi connectivity index (χ3n) is 3.12. The molecule has 18 heavy (non-hydrogen) atoms. The maximum atomic E-state index is 10.9. The minimum atomic E-state index is -0.345. The van der Waals surface area contributed by atoms with Crippen LogP contribution in [0.3, 0.4) is 0 Å². The number of nitro benzene ring substituents is 1. The van der Waals surface area contributed by atoms with Crippen LogP contribution in [0, 0.1) is 10.1 Å². The van der Waals surface area contributed by atoms with Gasteiger partial charge in [0, 0.05) is 23.1 Å². The molecule has 1 aromatic carbocycles. The summed E-state index contributed by atoms with van der Waals surface area (Å²) in [6, 6.07) is 4.98. The second kappa shape index (κ2) is 5.67. The molecule has 2 rings (SSSR count). The molecule has 0 aliphatic rings. The summed E-state index contributed by atoms with van der Waals surface area (Å²) in [7, 11) is 0. The lowest BCUT2D eigenvalue weighted by Crippen LogP contribution is -1.92. The van der Waals surface area contributed by atoms with E-state index >= 15 is 0 Å². The number of fused-ring (bicyclic) bond motifs is 1. The van der Waals surface area contributed by atoms with Crippen LogP contribution in [0.4, 0.5) is 5.69 Å². The van der Waals surface area contributed by atoms with Crippen LogP contribution in [0.25, 0.3) is 11.0 Å². The van der Waals surface area contributed by atoms with E-state index < -0.39 is 0 Å². The number of benzene rings is 1. The molecule has 0 spiro atoms. The molecule has 4 heteroatoms. The Morgan fingerprint density at radius 1 is 1.28 bits per heavy atom. The van der Waals surface area contributed by atoms with Crippen LogP contribution < -0.4 is 0 Å². The Bertz CT molecular complexity index is 545. The van der Waals surface area contributed by atoms with Crippen molar-refractivity contribution >= 4 is 16.7 Å². The molecule has 0 aliphatic carbocycles. The highest BCUT2D eigenvalue weighted by Gasteiger charge is 2.13. The number of hydrogen-bond donors (Lipinski definition) is 0. The third kappa shape index (κ3) is 2.70. The molecule has 0 radical (unpaired) electrons. The lowest BCUT2D eigenvalue weighted by Gasteiger charge is -2.03. The summed E-state index contributed by atoms with van der Waals surface area (Å²) in [5.74, 6) is 0. The van der Waals surface area contributed by atoms with Gasteiger partial charge in [-0.1, -0.05) is 26.2 Å². The summed E-state index contributed by atoms with van der Waals surface area (Å²) in [5.41, 5.74) is 1.88. The molecule has 96 valence electrons. The van der Waals surface area contributed by atoms with E-state index in [1.165, 1.54) is 12.8 Å². The van der Waals surface area contributed by atoms with Gasteiger partial charge in [0.1, 0.15) is 5.58 Å². The number of non-ortho nitro benzene ring substituents is 1. The van der Waals surface area contributed by atoms with E-state index in [0.29, 0.717) is 0 Å². The molecule has 4 nitrogen and oxygen atoms in total. The summed E-state index contributed by atoms with van der Waals surface area (Å²) in [6.45, 7) is 2.16. The van der Waals surface area contributed by atoms with Crippen molar-refractivity contribution in [2.75, 3.05) is 0 Å². The molecule has 0 saturated carbocycles. The molecule has 0 aliphatic heterocycles. The molecular formula is C14H17NO3. The molecule has 2 aromatic rings. The molecule has 0 fully saturated rings. The number of furan rings is 1. The molecule has 0 bridgehead atoms. The van der Waals surface area contributed by atoms with Gasteiger partial charge >= 0.3 is 0 Å². The number of nitro groups is 1. The van der Waals surface area contributed by atoms with Crippen molar-refractivity contribution in [1.82, 2.24) is 0 Å². The summed E-state index contributed by atoms with van der Waals surface area (Å²) in [5, 5.41) is 11.7. The standard InChI is InChI=1S/C14H17NO3/c1-2-3-4-5-6-11-9-13(15(16)17)10-12-7-8-18-14(11)12/h7-10H,2-6H2,1H3. The number of hydrogen-bond acceptors (Lipinski definition) is 3. The van der Waals surface area contributed by atoms with Gasteiger partial charge in [-0.15, -0.1) is 0 Å². The predicted molar refractivity (Wildman–Crippen MR) is 70.7 cm³/mol. The average Bonchev–Trinajstić information content (AvgIpc) is 2.82. The van der Waals surface area contributed by atoms with Gasteiger partial charge in [-0.3, -0.25) is 10.1 Å². The van der Waals surface area contributed by atoms with Gasteiger partial charge in [0.2, 0.25) is 0 Å². The van der Waals surface area contributed by atoms with Crippen LogP contribution in [0.1, 0.15) is 38.2 Å². The van der Waals surface area contributed by atoms with Crippen LogP contribution in [-0.4, -0.2) is 4.92 Å². The summed E-state index contributed by atoms with van der Waals surface area (Å²) in [4.78, 5) is 10.5. The molecule has 1 heterocycles. The molecule has 0 amide bonds. The lowest BCUT2D eigenvalue weighted by molar-refractivity contribution is -0.384. The Morgan fingerprint density at radius 2 is 2.11 bits per heavy atom. The largest absolute Gasteiger partial charge is 0.464 e. The Labute approximate surface area is 106 Å². The zero-order valence-electron chi connectivity index (χ0n) is 10.5. The Balaban J connectivity index is 2.23. The molecule has 0 atom stereocenters. The highest BCUT2D eigenvalue weighted by atomic mass is 16.6. The van der Waals surface area contributed by atoms with E-state index in [0.717, 1.165) is 35.8 Å². The SMILES string of the molecule is CCCCCCc1cc([N+](=O)[O-])cc2ccoc12. The zero-order chi connectivity index (χ0) is 13.0. The maximum absolute atomic E-state index is 10.9. The van der Waals surface area contributed by atoms with E-state index in [-0.39, 0.29) is 10.6 Å². The molecule has 0 N–H and O–H groups in total. The fourth-order valence-electron chi connectivity index (χ4n) is 2.17. The number of nitrogens with zero attached hydrogens (tertiary/aromatic N) is 1. The predicted octanol–water partition coefficient (Wildman–Crippen LogP) is 4.46. The highest BCUT2D eigenvalue weighted by molar-refractivity contribution is 5.83. The lowest BCUT2D eigenvalue weighted by atomic mass is 10.0. The minimum Gasteiger partial charge on any atom is -0.464 e. The summed E-state index contributed by atoms with van der Waals surface area (Å²) >= 11 is 0. The van der Waals surface area contributed by atoms with Crippen molar-refractivity contribution in [3.05, 3.63) is 40.1 Å². The average molecular weight is 247 g/mol. The van der Waals surface area contributed by atoms with Gasteiger partial charge in [-0.05, 0) is 18.9 Å². The second-order valence-corrected chi connectivity index (χ2v) is 4.51. The number of aryl methyl sites for hydroxylation is 1. The smallest absolute Gasteiger partial charge is 0.270 e. The first-order valence-corrected chi connectivity index (χ1v) is 6.37. The van der Waals surface area contributed by atoms with Gasteiger partial charge in [0.25, 0.3) is 5.69 Å². The van der Waals surface area contributed by atoms with Crippen LogP contribution in [-0.2, 0) is 6.42 Å². The Hall–Kier alpha value is -1.84. The quantitative estimate of drug-likeness (QED) is 0.430. The van der Waals surface area contributed by atoms with Gasteiger partial charge in [-0.25, -0.2) is 0 Å². The summed E-state index contributed by atoms with van der Waals surface area (Å²) < 4.78 is 5.42. The Morgan fingerprint density at radius 3 is 2.83 bits per heavy atom. The first-order valence-electron chi connectivity index (χ1n) is 6.37. The number of rotatable bonds is 6. The van der Waals surface area contributed by atoms with E-state index in [1.807, 2.05) is 0 Å². The molecule has 0 unspecified atom stereocenters. The van der Waals surface area contributed by atoms with Crippen molar-refractivity contribution in [2.45, 2.75) is 39.0 Å². The zero-order valence-corrected chi connectivity index (χ0v) is 10.5. The molecular weight excluding hydrogens is 230 g/mol. The van der Waals surface area contributed by atoms with E-state index in [1.54, 1.807) is 24.5 Å². The van der Waals surface area contributed by atoms with E-state index in [2.05, 4.69) is 6.92 Å². The van der Waals surface area contributed by atoms with Crippen molar-refractivity contribution < 1.29 is 9.34 Å². The van der Waals surface area contributed by atoms with E-state index in [4.69, 9.17) is 4.42 Å². The first kappa shape index (κ1) is 12.6.